The van der Waals surface area contributed by atoms with Crippen molar-refractivity contribution >= 4 is 0 Å². The Labute approximate surface area is 109 Å². The molecule has 1 fully saturated rings. The van der Waals surface area contributed by atoms with Crippen LogP contribution in [0, 0.1) is 13.3 Å². The fourth-order valence-electron chi connectivity index (χ4n) is 1.71. The Morgan fingerprint density at radius 1 is 1.20 bits per heavy atom. The maximum absolute atomic E-state index is 2.29. The van der Waals surface area contributed by atoms with Gasteiger partial charge in [0.15, 0.2) is 0 Å². The van der Waals surface area contributed by atoms with Crippen molar-refractivity contribution in [3.8, 4) is 0 Å². The Hall–Kier alpha value is 1.64. The predicted molar refractivity (Wildman–Crippen MR) is 43.3 cm³/mol. The molecule has 0 nitrogen and oxygen atoms in total. The molecule has 0 heterocycles. The zero-order chi connectivity index (χ0) is 5.82. The van der Waals surface area contributed by atoms with Gasteiger partial charge in [0.2, 0.25) is 0 Å². The van der Waals surface area contributed by atoms with Crippen molar-refractivity contribution in [3.05, 3.63) is 7.43 Å². The Balaban J connectivity index is 0. The molecule has 0 radical (unpaired) electrons. The number of rotatable bonds is 2. The van der Waals surface area contributed by atoms with Gasteiger partial charge in [-0.05, 0) is 5.92 Å². The second-order valence-electron chi connectivity index (χ2n) is 2.94. The second kappa shape index (κ2) is 8.73. The summed E-state index contributed by atoms with van der Waals surface area (Å²) in [5.74, 6) is 1.11. The van der Waals surface area contributed by atoms with Gasteiger partial charge in [-0.1, -0.05) is 45.4 Å². The average Bonchev–Trinajstić information content (AvgIpc) is 2.19. The summed E-state index contributed by atoms with van der Waals surface area (Å²) in [6.45, 7) is 2.29. The monoisotopic (exact) mass is 166 g/mol. The Morgan fingerprint density at radius 3 is 2.10 bits per heavy atom. The fraction of sp³-hybridized carbons (Fsp3) is 0.889. The zero-order valence-electron chi connectivity index (χ0n) is 7.82. The summed E-state index contributed by atoms with van der Waals surface area (Å²) in [6, 6.07) is 0. The molecule has 0 aromatic rings. The third-order valence-electron chi connectivity index (χ3n) is 2.17. The molecular weight excluding hydrogens is 147 g/mol. The van der Waals surface area contributed by atoms with Crippen LogP contribution in [0.1, 0.15) is 45.4 Å². The Morgan fingerprint density at radius 2 is 1.70 bits per heavy atom. The van der Waals surface area contributed by atoms with Gasteiger partial charge >= 0.3 is 51.4 Å². The first-order valence-corrected chi connectivity index (χ1v) is 3.93. The van der Waals surface area contributed by atoms with Crippen molar-refractivity contribution in [2.24, 2.45) is 5.92 Å². The molecule has 0 N–H and O–H groups in total. The van der Waals surface area contributed by atoms with Gasteiger partial charge < -0.3 is 7.43 Å². The van der Waals surface area contributed by atoms with Gasteiger partial charge in [0, 0.05) is 0 Å². The largest absolute Gasteiger partial charge is 1.00 e. The van der Waals surface area contributed by atoms with Gasteiger partial charge in [-0.3, -0.25) is 0 Å². The van der Waals surface area contributed by atoms with Crippen LogP contribution in [0.3, 0.4) is 0 Å². The summed E-state index contributed by atoms with van der Waals surface area (Å²) in [5.41, 5.74) is 0. The van der Waals surface area contributed by atoms with Crippen LogP contribution in [-0.4, -0.2) is 0 Å². The van der Waals surface area contributed by atoms with Gasteiger partial charge in [0.05, 0.1) is 0 Å². The topological polar surface area (TPSA) is 0 Å². The minimum Gasteiger partial charge on any atom is -0.358 e. The predicted octanol–water partition coefficient (Wildman–Crippen LogP) is 0.431. The van der Waals surface area contributed by atoms with Crippen LogP contribution in [0.5, 0.6) is 0 Å². The van der Waals surface area contributed by atoms with E-state index < -0.39 is 0 Å². The summed E-state index contributed by atoms with van der Waals surface area (Å²) < 4.78 is 0. The van der Waals surface area contributed by atoms with Crippen LogP contribution in [-0.2, 0) is 0 Å². The van der Waals surface area contributed by atoms with E-state index >= 15 is 0 Å². The maximum atomic E-state index is 2.29. The molecule has 1 aliphatic carbocycles. The molecule has 0 amide bonds. The van der Waals surface area contributed by atoms with E-state index in [1.165, 1.54) is 38.5 Å². The van der Waals surface area contributed by atoms with Crippen LogP contribution < -0.4 is 51.4 Å². The van der Waals surface area contributed by atoms with Crippen LogP contribution in [0.4, 0.5) is 0 Å². The van der Waals surface area contributed by atoms with Crippen molar-refractivity contribution in [2.45, 2.75) is 45.4 Å². The molecule has 0 aromatic carbocycles. The molecule has 10 heavy (non-hydrogen) atoms. The zero-order valence-corrected chi connectivity index (χ0v) is 10.9. The molecule has 1 heteroatoms. The Bertz CT molecular complexity index is 55.7. The van der Waals surface area contributed by atoms with Gasteiger partial charge in [-0.25, -0.2) is 0 Å². The first-order chi connectivity index (χ1) is 3.93. The molecule has 0 unspecified atom stereocenters. The van der Waals surface area contributed by atoms with E-state index in [2.05, 4.69) is 6.92 Å². The van der Waals surface area contributed by atoms with Gasteiger partial charge in [-0.2, -0.15) is 0 Å². The minimum absolute atomic E-state index is 0. The van der Waals surface area contributed by atoms with Crippen molar-refractivity contribution < 1.29 is 51.4 Å². The second-order valence-corrected chi connectivity index (χ2v) is 2.94. The van der Waals surface area contributed by atoms with E-state index in [9.17, 15) is 0 Å². The summed E-state index contributed by atoms with van der Waals surface area (Å²) in [7, 11) is 0. The standard InChI is InChI=1S/C8H16.CH3.K/c1-2-5-8-6-3-4-7-8;;/h8H,2-7H2,1H3;1H3;/q;-1;+1. The quantitative estimate of drug-likeness (QED) is 0.412. The van der Waals surface area contributed by atoms with Crippen LogP contribution in [0.25, 0.3) is 0 Å². The van der Waals surface area contributed by atoms with E-state index in [4.69, 9.17) is 0 Å². The van der Waals surface area contributed by atoms with Crippen molar-refractivity contribution in [3.63, 3.8) is 0 Å². The van der Waals surface area contributed by atoms with E-state index in [0.717, 1.165) is 5.92 Å². The number of hydrogen-bond donors (Lipinski definition) is 0. The first-order valence-electron chi connectivity index (χ1n) is 3.93. The van der Waals surface area contributed by atoms with E-state index in [1.807, 2.05) is 0 Å². The van der Waals surface area contributed by atoms with Gasteiger partial charge in [0.1, 0.15) is 0 Å². The summed E-state index contributed by atoms with van der Waals surface area (Å²) in [6.07, 6.45) is 8.93. The van der Waals surface area contributed by atoms with Crippen LogP contribution in [0.15, 0.2) is 0 Å². The van der Waals surface area contributed by atoms with E-state index in [1.54, 1.807) is 0 Å². The van der Waals surface area contributed by atoms with Crippen molar-refractivity contribution in [1.82, 2.24) is 0 Å². The molecule has 0 aromatic heterocycles. The minimum atomic E-state index is 0. The molecular formula is C9H19K. The maximum Gasteiger partial charge on any atom is 1.00 e. The third kappa shape index (κ3) is 5.31. The molecule has 56 valence electrons. The summed E-state index contributed by atoms with van der Waals surface area (Å²) in [5, 5.41) is 0. The summed E-state index contributed by atoms with van der Waals surface area (Å²) in [4.78, 5) is 0. The number of hydrogen-bond acceptors (Lipinski definition) is 0. The molecule has 0 atom stereocenters. The van der Waals surface area contributed by atoms with Gasteiger partial charge in [-0.15, -0.1) is 0 Å². The van der Waals surface area contributed by atoms with Gasteiger partial charge in [0.25, 0.3) is 0 Å². The van der Waals surface area contributed by atoms with Crippen LogP contribution in [0.2, 0.25) is 0 Å². The molecule has 0 spiro atoms. The molecule has 1 aliphatic rings. The fourth-order valence-corrected chi connectivity index (χ4v) is 1.71. The van der Waals surface area contributed by atoms with Crippen LogP contribution >= 0.6 is 0 Å². The smallest absolute Gasteiger partial charge is 0.358 e. The normalized spacial score (nSPS) is 17.7. The molecule has 0 saturated heterocycles. The molecule has 1 saturated carbocycles. The summed E-state index contributed by atoms with van der Waals surface area (Å²) >= 11 is 0. The molecule has 0 bridgehead atoms. The van der Waals surface area contributed by atoms with Crippen molar-refractivity contribution in [1.29, 1.82) is 0 Å². The average molecular weight is 166 g/mol. The van der Waals surface area contributed by atoms with E-state index in [-0.39, 0.29) is 58.8 Å². The third-order valence-corrected chi connectivity index (χ3v) is 2.17. The first kappa shape index (κ1) is 14.2. The molecule has 1 rings (SSSR count). The SMILES string of the molecule is CCCC1CCCC1.[CH3-].[K+]. The Kier molecular flexibility index (Phi) is 12.4. The van der Waals surface area contributed by atoms with E-state index in [0.29, 0.717) is 0 Å². The molecule has 0 aliphatic heterocycles. The van der Waals surface area contributed by atoms with Crippen molar-refractivity contribution in [2.75, 3.05) is 0 Å².